The standard InChI is InChI=1S/C19H12N2O3/c20-11-17(21-12-22)9-13-1-3-14(4-2-13)15-5-7-18-16(10-15)6-8-19(23)24-18/h1-5,7,10,12,17H,9H2,(H,21,22)/t17-/m0/s1. The van der Waals surface area contributed by atoms with Crippen LogP contribution < -0.4 is 10.9 Å². The molecule has 0 fully saturated rings. The fraction of sp³-hybridized carbons (Fsp3) is 0.105. The van der Waals surface area contributed by atoms with E-state index in [1.54, 1.807) is 6.07 Å². The van der Waals surface area contributed by atoms with Crippen molar-refractivity contribution in [1.82, 2.24) is 5.32 Å². The molecule has 0 saturated heterocycles. The summed E-state index contributed by atoms with van der Waals surface area (Å²) < 4.78 is 5.04. The topological polar surface area (TPSA) is 83.1 Å². The van der Waals surface area contributed by atoms with Gasteiger partial charge in [-0.05, 0) is 28.8 Å². The third-order valence-corrected chi connectivity index (χ3v) is 3.63. The van der Waals surface area contributed by atoms with E-state index >= 15 is 0 Å². The van der Waals surface area contributed by atoms with E-state index < -0.39 is 11.7 Å². The average Bonchev–Trinajstić information content (AvgIpc) is 2.61. The van der Waals surface area contributed by atoms with Crippen LogP contribution in [0.1, 0.15) is 5.56 Å². The summed E-state index contributed by atoms with van der Waals surface area (Å²) in [7, 11) is 0. The molecule has 0 radical (unpaired) electrons. The molecule has 0 spiro atoms. The maximum atomic E-state index is 11.1. The quantitative estimate of drug-likeness (QED) is 0.732. The average molecular weight is 316 g/mol. The lowest BCUT2D eigenvalue weighted by Crippen LogP contribution is -2.28. The van der Waals surface area contributed by atoms with Gasteiger partial charge in [-0.3, -0.25) is 4.79 Å². The molecule has 0 aliphatic heterocycles. The van der Waals surface area contributed by atoms with Gasteiger partial charge in [0.25, 0.3) is 0 Å². The highest BCUT2D eigenvalue weighted by Gasteiger charge is 2.07. The smallest absolute Gasteiger partial charge is 0.390 e. The van der Waals surface area contributed by atoms with E-state index in [1.807, 2.05) is 42.5 Å². The van der Waals surface area contributed by atoms with Crippen LogP contribution in [0.2, 0.25) is 0 Å². The molecule has 0 bridgehead atoms. The summed E-state index contributed by atoms with van der Waals surface area (Å²) >= 11 is 0. The Morgan fingerprint density at radius 1 is 1.17 bits per heavy atom. The van der Waals surface area contributed by atoms with Crippen molar-refractivity contribution < 1.29 is 9.21 Å². The number of nitriles is 1. The van der Waals surface area contributed by atoms with Gasteiger partial charge in [0.05, 0.1) is 11.5 Å². The highest BCUT2D eigenvalue weighted by molar-refractivity contribution is 5.81. The SMILES string of the molecule is N#C[C@H](Cc1ccc(-c2ccc3oc(=O)c#cc3c2)cc1)NC=O. The second kappa shape index (κ2) is 6.68. The van der Waals surface area contributed by atoms with Gasteiger partial charge in [-0.25, -0.2) is 4.79 Å². The van der Waals surface area contributed by atoms with Gasteiger partial charge in [-0.2, -0.15) is 5.26 Å². The van der Waals surface area contributed by atoms with Crippen molar-refractivity contribution in [2.45, 2.75) is 12.5 Å². The summed E-state index contributed by atoms with van der Waals surface area (Å²) in [5.41, 5.74) is 2.81. The number of nitrogens with one attached hydrogen (secondary N) is 1. The minimum Gasteiger partial charge on any atom is -0.416 e. The highest BCUT2D eigenvalue weighted by Crippen LogP contribution is 2.23. The minimum absolute atomic E-state index is 0.446. The Bertz CT molecular complexity index is 968. The van der Waals surface area contributed by atoms with Crippen LogP contribution in [-0.2, 0) is 11.2 Å². The lowest BCUT2D eigenvalue weighted by molar-refractivity contribution is -0.109. The molecule has 1 amide bonds. The molecule has 1 heterocycles. The van der Waals surface area contributed by atoms with Gasteiger partial charge in [0.2, 0.25) is 6.41 Å². The van der Waals surface area contributed by atoms with Crippen LogP contribution >= 0.6 is 0 Å². The van der Waals surface area contributed by atoms with Gasteiger partial charge in [0.15, 0.2) is 0 Å². The monoisotopic (exact) mass is 316 g/mol. The van der Waals surface area contributed by atoms with E-state index in [0.29, 0.717) is 23.8 Å². The molecule has 1 atom stereocenters. The highest BCUT2D eigenvalue weighted by atomic mass is 16.4. The van der Waals surface area contributed by atoms with Crippen LogP contribution in [0, 0.1) is 23.5 Å². The van der Waals surface area contributed by atoms with Crippen molar-refractivity contribution in [1.29, 1.82) is 5.26 Å². The number of hydrogen-bond donors (Lipinski definition) is 1. The van der Waals surface area contributed by atoms with Crippen molar-refractivity contribution in [3.05, 3.63) is 70.6 Å². The largest absolute Gasteiger partial charge is 0.416 e. The van der Waals surface area contributed by atoms with Crippen molar-refractivity contribution in [3.63, 3.8) is 0 Å². The molecular formula is C19H12N2O3. The maximum absolute atomic E-state index is 11.1. The molecule has 3 aromatic rings. The normalized spacial score (nSPS) is 11.3. The van der Waals surface area contributed by atoms with Gasteiger partial charge >= 0.3 is 5.63 Å². The molecule has 1 aromatic heterocycles. The second-order valence-electron chi connectivity index (χ2n) is 5.22. The van der Waals surface area contributed by atoms with Gasteiger partial charge < -0.3 is 9.73 Å². The summed E-state index contributed by atoms with van der Waals surface area (Å²) in [4.78, 5) is 21.6. The summed E-state index contributed by atoms with van der Waals surface area (Å²) in [6.07, 6.45) is 0.977. The lowest BCUT2D eigenvalue weighted by Gasteiger charge is -2.08. The molecule has 1 N–H and O–H groups in total. The van der Waals surface area contributed by atoms with Gasteiger partial charge in [0.1, 0.15) is 11.6 Å². The second-order valence-corrected chi connectivity index (χ2v) is 5.22. The van der Waals surface area contributed by atoms with E-state index in [9.17, 15) is 9.59 Å². The zero-order valence-corrected chi connectivity index (χ0v) is 12.6. The first-order chi connectivity index (χ1) is 11.7. The maximum Gasteiger partial charge on any atom is 0.390 e. The molecule has 0 aliphatic carbocycles. The summed E-state index contributed by atoms with van der Waals surface area (Å²) in [6, 6.07) is 19.8. The van der Waals surface area contributed by atoms with E-state index in [-0.39, 0.29) is 0 Å². The predicted molar refractivity (Wildman–Crippen MR) is 87.9 cm³/mol. The molecule has 5 nitrogen and oxygen atoms in total. The van der Waals surface area contributed by atoms with Crippen molar-refractivity contribution in [2.24, 2.45) is 0 Å². The van der Waals surface area contributed by atoms with Crippen LogP contribution in [-0.4, -0.2) is 12.5 Å². The molecule has 116 valence electrons. The van der Waals surface area contributed by atoms with Crippen LogP contribution in [0.5, 0.6) is 0 Å². The molecule has 24 heavy (non-hydrogen) atoms. The van der Waals surface area contributed by atoms with Crippen LogP contribution in [0.4, 0.5) is 0 Å². The number of hydrogen-bond acceptors (Lipinski definition) is 4. The molecule has 2 aromatic carbocycles. The van der Waals surface area contributed by atoms with E-state index in [1.165, 1.54) is 0 Å². The Labute approximate surface area is 138 Å². The lowest BCUT2D eigenvalue weighted by atomic mass is 10.0. The predicted octanol–water partition coefficient (Wildman–Crippen LogP) is 2.24. The number of fused-ring (bicyclic) bond motifs is 1. The summed E-state index contributed by atoms with van der Waals surface area (Å²) in [6.45, 7) is 0. The Morgan fingerprint density at radius 2 is 1.92 bits per heavy atom. The van der Waals surface area contributed by atoms with Gasteiger partial charge in [-0.1, -0.05) is 36.4 Å². The van der Waals surface area contributed by atoms with E-state index in [2.05, 4.69) is 17.4 Å². The fourth-order valence-electron chi connectivity index (χ4n) is 2.43. The van der Waals surface area contributed by atoms with Crippen LogP contribution in [0.3, 0.4) is 0 Å². The first-order valence-electron chi connectivity index (χ1n) is 7.26. The third kappa shape index (κ3) is 3.26. The number of benzene rings is 2. The Morgan fingerprint density at radius 3 is 2.62 bits per heavy atom. The first-order valence-corrected chi connectivity index (χ1v) is 7.26. The summed E-state index contributed by atoms with van der Waals surface area (Å²) in [5.74, 6) is 0. The van der Waals surface area contributed by atoms with Crippen LogP contribution in [0.15, 0.2) is 51.7 Å². The van der Waals surface area contributed by atoms with Crippen molar-refractivity contribution >= 4 is 17.4 Å². The van der Waals surface area contributed by atoms with Crippen LogP contribution in [0.25, 0.3) is 22.1 Å². The fourth-order valence-corrected chi connectivity index (χ4v) is 2.43. The number of rotatable bonds is 5. The van der Waals surface area contributed by atoms with Gasteiger partial charge in [-0.15, -0.1) is 0 Å². The van der Waals surface area contributed by atoms with Gasteiger partial charge in [0, 0.05) is 12.5 Å². The number of nitrogens with zero attached hydrogens (tertiary/aromatic N) is 1. The zero-order chi connectivity index (χ0) is 16.9. The van der Waals surface area contributed by atoms with E-state index in [4.69, 9.17) is 9.68 Å². The zero-order valence-electron chi connectivity index (χ0n) is 12.6. The molecule has 3 rings (SSSR count). The molecule has 5 heteroatoms. The summed E-state index contributed by atoms with van der Waals surface area (Å²) in [5, 5.41) is 12.1. The molecule has 0 saturated carbocycles. The van der Waals surface area contributed by atoms with E-state index in [0.717, 1.165) is 16.7 Å². The Balaban J connectivity index is 1.85. The third-order valence-electron chi connectivity index (χ3n) is 3.63. The first kappa shape index (κ1) is 15.3. The molecular weight excluding hydrogens is 304 g/mol. The molecule has 0 unspecified atom stereocenters. The number of carbonyl (C=O) groups excluding carboxylic acids is 1. The number of carbonyl (C=O) groups is 1. The Hall–Kier alpha value is -3.57. The van der Waals surface area contributed by atoms with Crippen molar-refractivity contribution in [3.8, 4) is 17.2 Å². The number of amides is 1. The molecule has 0 aliphatic rings. The Kier molecular flexibility index (Phi) is 4.27. The minimum atomic E-state index is -0.546. The van der Waals surface area contributed by atoms with Crippen molar-refractivity contribution in [2.75, 3.05) is 0 Å².